The Morgan fingerprint density at radius 2 is 1.87 bits per heavy atom. The molecule has 2 aliphatic carbocycles. The van der Waals surface area contributed by atoms with Crippen molar-refractivity contribution in [3.05, 3.63) is 70.2 Å². The number of allylic oxidation sites excluding steroid dienone is 2. The molecule has 1 aliphatic heterocycles. The van der Waals surface area contributed by atoms with E-state index in [1.807, 2.05) is 0 Å². The molecule has 120 valence electrons. The van der Waals surface area contributed by atoms with Crippen LogP contribution in [-0.2, 0) is 9.47 Å². The Kier molecular flexibility index (Phi) is 3.74. The van der Waals surface area contributed by atoms with Crippen LogP contribution in [0.2, 0.25) is 0 Å². The van der Waals surface area contributed by atoms with Gasteiger partial charge in [-0.05, 0) is 48.1 Å². The Labute approximate surface area is 137 Å². The number of ether oxygens (including phenoxy) is 2. The summed E-state index contributed by atoms with van der Waals surface area (Å²) < 4.78 is 11.4. The molecule has 3 aliphatic rings. The Morgan fingerprint density at radius 1 is 1.04 bits per heavy atom. The number of methoxy groups -OCH3 is 2. The molecule has 23 heavy (non-hydrogen) atoms. The maximum Gasteiger partial charge on any atom is 0.130 e. The van der Waals surface area contributed by atoms with Crippen molar-refractivity contribution in [1.29, 1.82) is 0 Å². The average molecular weight is 309 g/mol. The van der Waals surface area contributed by atoms with Crippen molar-refractivity contribution in [2.24, 2.45) is 5.92 Å². The van der Waals surface area contributed by atoms with Crippen molar-refractivity contribution in [2.45, 2.75) is 25.3 Å². The lowest BCUT2D eigenvalue weighted by atomic mass is 9.80. The maximum absolute atomic E-state index is 5.70. The summed E-state index contributed by atoms with van der Waals surface area (Å²) >= 11 is 0. The smallest absolute Gasteiger partial charge is 0.130 e. The summed E-state index contributed by atoms with van der Waals surface area (Å²) in [4.78, 5) is 0. The third-order valence-electron chi connectivity index (χ3n) is 5.27. The van der Waals surface area contributed by atoms with Gasteiger partial charge in [0.1, 0.15) is 11.5 Å². The first-order valence-electron chi connectivity index (χ1n) is 8.39. The van der Waals surface area contributed by atoms with Crippen molar-refractivity contribution in [2.75, 3.05) is 20.8 Å². The molecule has 0 spiro atoms. The first-order chi connectivity index (χ1) is 11.3. The topological polar surface area (TPSA) is 30.5 Å². The SMILES string of the molecule is COC1=CC2=C3C1=C(OC)CC[C@H]3CCN[C@@H]2c1ccccc1. The van der Waals surface area contributed by atoms with Gasteiger partial charge in [-0.15, -0.1) is 0 Å². The molecule has 1 heterocycles. The van der Waals surface area contributed by atoms with E-state index in [0.29, 0.717) is 5.92 Å². The molecule has 0 saturated carbocycles. The van der Waals surface area contributed by atoms with E-state index in [4.69, 9.17) is 9.47 Å². The monoisotopic (exact) mass is 309 g/mol. The zero-order valence-corrected chi connectivity index (χ0v) is 13.8. The Balaban J connectivity index is 1.88. The van der Waals surface area contributed by atoms with Gasteiger partial charge in [0.05, 0.1) is 25.8 Å². The van der Waals surface area contributed by atoms with Crippen molar-refractivity contribution in [3.8, 4) is 0 Å². The Hall–Kier alpha value is -2.00. The van der Waals surface area contributed by atoms with Crippen LogP contribution in [0, 0.1) is 5.92 Å². The van der Waals surface area contributed by atoms with Crippen LogP contribution in [0.15, 0.2) is 64.6 Å². The molecule has 4 rings (SSSR count). The summed E-state index contributed by atoms with van der Waals surface area (Å²) in [7, 11) is 3.53. The summed E-state index contributed by atoms with van der Waals surface area (Å²) in [5.41, 5.74) is 5.34. The van der Waals surface area contributed by atoms with Gasteiger partial charge in [-0.3, -0.25) is 0 Å². The fourth-order valence-electron chi connectivity index (χ4n) is 4.22. The number of benzene rings is 1. The quantitative estimate of drug-likeness (QED) is 0.919. The molecule has 0 aromatic heterocycles. The van der Waals surface area contributed by atoms with Gasteiger partial charge in [-0.2, -0.15) is 0 Å². The van der Waals surface area contributed by atoms with Crippen molar-refractivity contribution >= 4 is 0 Å². The summed E-state index contributed by atoms with van der Waals surface area (Å²) in [5, 5.41) is 3.74. The Bertz CT molecular complexity index is 700. The van der Waals surface area contributed by atoms with E-state index in [1.54, 1.807) is 14.2 Å². The molecule has 0 fully saturated rings. The molecule has 3 nitrogen and oxygen atoms in total. The second-order valence-electron chi connectivity index (χ2n) is 6.41. The van der Waals surface area contributed by atoms with Crippen LogP contribution in [-0.4, -0.2) is 20.8 Å². The predicted octanol–water partition coefficient (Wildman–Crippen LogP) is 3.87. The largest absolute Gasteiger partial charge is 0.500 e. The number of hydrogen-bond donors (Lipinski definition) is 1. The zero-order chi connectivity index (χ0) is 15.8. The minimum absolute atomic E-state index is 0.232. The highest BCUT2D eigenvalue weighted by atomic mass is 16.5. The van der Waals surface area contributed by atoms with Gasteiger partial charge < -0.3 is 14.8 Å². The molecule has 2 atom stereocenters. The van der Waals surface area contributed by atoms with E-state index in [9.17, 15) is 0 Å². The van der Waals surface area contributed by atoms with Crippen molar-refractivity contribution in [1.82, 2.24) is 5.32 Å². The summed E-state index contributed by atoms with van der Waals surface area (Å²) in [5.74, 6) is 2.64. The second kappa shape index (κ2) is 5.89. The Morgan fingerprint density at radius 3 is 2.61 bits per heavy atom. The first kappa shape index (κ1) is 14.6. The highest BCUT2D eigenvalue weighted by Gasteiger charge is 2.39. The summed E-state index contributed by atoms with van der Waals surface area (Å²) in [6.45, 7) is 1.04. The van der Waals surface area contributed by atoms with Crippen molar-refractivity contribution < 1.29 is 9.47 Å². The van der Waals surface area contributed by atoms with Crippen LogP contribution < -0.4 is 5.32 Å². The van der Waals surface area contributed by atoms with Crippen LogP contribution in [0.3, 0.4) is 0 Å². The van der Waals surface area contributed by atoms with Gasteiger partial charge >= 0.3 is 0 Å². The van der Waals surface area contributed by atoms with Crippen LogP contribution >= 0.6 is 0 Å². The van der Waals surface area contributed by atoms with E-state index < -0.39 is 0 Å². The van der Waals surface area contributed by atoms with Gasteiger partial charge in [0, 0.05) is 6.42 Å². The van der Waals surface area contributed by atoms with Crippen LogP contribution in [0.1, 0.15) is 30.9 Å². The molecule has 0 unspecified atom stereocenters. The van der Waals surface area contributed by atoms with Crippen LogP contribution in [0.4, 0.5) is 0 Å². The van der Waals surface area contributed by atoms with Crippen LogP contribution in [0.5, 0.6) is 0 Å². The molecule has 0 amide bonds. The lowest BCUT2D eigenvalue weighted by molar-refractivity contribution is 0.244. The molecular formula is C20H23NO2. The normalized spacial score (nSPS) is 26.6. The predicted molar refractivity (Wildman–Crippen MR) is 90.7 cm³/mol. The molecule has 0 radical (unpaired) electrons. The van der Waals surface area contributed by atoms with Gasteiger partial charge in [0.2, 0.25) is 0 Å². The molecular weight excluding hydrogens is 286 g/mol. The summed E-state index contributed by atoms with van der Waals surface area (Å²) in [6.07, 6.45) is 5.56. The van der Waals surface area contributed by atoms with E-state index in [1.165, 1.54) is 35.1 Å². The van der Waals surface area contributed by atoms with Crippen LogP contribution in [0.25, 0.3) is 0 Å². The standard InChI is InChI=1S/C20H23NO2/c1-22-16-9-8-13-10-11-21-20(14-6-4-3-5-7-14)15-12-17(23-2)19(16)18(13)15/h3-7,12-13,20-21H,8-11H2,1-2H3/t13-,20+/m0/s1. The zero-order valence-electron chi connectivity index (χ0n) is 13.8. The maximum atomic E-state index is 5.70. The number of nitrogens with one attached hydrogen (secondary N) is 1. The highest BCUT2D eigenvalue weighted by molar-refractivity contribution is 5.63. The highest BCUT2D eigenvalue weighted by Crippen LogP contribution is 2.49. The third-order valence-corrected chi connectivity index (χ3v) is 5.27. The molecule has 1 aromatic carbocycles. The van der Waals surface area contributed by atoms with E-state index in [0.717, 1.165) is 24.5 Å². The van der Waals surface area contributed by atoms with Crippen molar-refractivity contribution in [3.63, 3.8) is 0 Å². The molecule has 1 aromatic rings. The lowest BCUT2D eigenvalue weighted by Gasteiger charge is -2.28. The molecule has 3 heteroatoms. The molecule has 0 saturated heterocycles. The van der Waals surface area contributed by atoms with E-state index >= 15 is 0 Å². The van der Waals surface area contributed by atoms with E-state index in [2.05, 4.69) is 41.7 Å². The minimum Gasteiger partial charge on any atom is -0.500 e. The lowest BCUT2D eigenvalue weighted by Crippen LogP contribution is -2.22. The van der Waals surface area contributed by atoms with Gasteiger partial charge in [-0.1, -0.05) is 30.3 Å². The fraction of sp³-hybridized carbons (Fsp3) is 0.400. The number of rotatable bonds is 3. The van der Waals surface area contributed by atoms with Gasteiger partial charge in [-0.25, -0.2) is 0 Å². The third kappa shape index (κ3) is 2.31. The van der Waals surface area contributed by atoms with E-state index in [-0.39, 0.29) is 6.04 Å². The molecule has 1 N–H and O–H groups in total. The van der Waals surface area contributed by atoms with Gasteiger partial charge in [0.15, 0.2) is 0 Å². The fourth-order valence-corrected chi connectivity index (χ4v) is 4.22. The molecule has 0 bridgehead atoms. The summed E-state index contributed by atoms with van der Waals surface area (Å²) in [6, 6.07) is 10.9. The van der Waals surface area contributed by atoms with Gasteiger partial charge in [0.25, 0.3) is 0 Å². The average Bonchev–Trinajstić information content (AvgIpc) is 2.89. The first-order valence-corrected chi connectivity index (χ1v) is 8.39. The minimum atomic E-state index is 0.232. The second-order valence-corrected chi connectivity index (χ2v) is 6.41. The number of hydrogen-bond acceptors (Lipinski definition) is 3.